The second-order valence-electron chi connectivity index (χ2n) is 5.28. The zero-order valence-corrected chi connectivity index (χ0v) is 9.84. The molecular weight excluding hydrogens is 216 g/mol. The molecule has 1 aliphatic heterocycles. The standard InChI is InChI=1S/C13H18N2O2/c14-11-4-3-9-7-15(8-10(9)6-11)13(16)12-2-1-5-17-12/h1-2,5,9-11H,3-4,6-8,14H2/t9-,10+,11?/m1/s1. The molecule has 1 aromatic heterocycles. The number of carbonyl (C=O) groups excluding carboxylic acids is 1. The highest BCUT2D eigenvalue weighted by molar-refractivity contribution is 5.91. The summed E-state index contributed by atoms with van der Waals surface area (Å²) in [6, 6.07) is 3.82. The van der Waals surface area contributed by atoms with Crippen LogP contribution < -0.4 is 5.73 Å². The van der Waals surface area contributed by atoms with E-state index in [1.807, 2.05) is 4.90 Å². The third-order valence-corrected chi connectivity index (χ3v) is 4.11. The van der Waals surface area contributed by atoms with Gasteiger partial charge in [-0.05, 0) is 43.2 Å². The summed E-state index contributed by atoms with van der Waals surface area (Å²) in [5.41, 5.74) is 5.98. The second kappa shape index (κ2) is 4.18. The Labute approximate surface area is 101 Å². The molecule has 1 saturated heterocycles. The maximum Gasteiger partial charge on any atom is 0.289 e. The molecule has 1 saturated carbocycles. The molecule has 1 aliphatic carbocycles. The van der Waals surface area contributed by atoms with E-state index in [0.717, 1.165) is 32.4 Å². The van der Waals surface area contributed by atoms with Crippen LogP contribution in [0.1, 0.15) is 29.8 Å². The molecule has 1 unspecified atom stereocenters. The van der Waals surface area contributed by atoms with Crippen LogP contribution in [0, 0.1) is 11.8 Å². The molecule has 3 atom stereocenters. The zero-order chi connectivity index (χ0) is 11.8. The lowest BCUT2D eigenvalue weighted by Gasteiger charge is -2.27. The van der Waals surface area contributed by atoms with E-state index in [1.165, 1.54) is 0 Å². The lowest BCUT2D eigenvalue weighted by molar-refractivity contribution is 0.0752. The molecule has 2 fully saturated rings. The fourth-order valence-electron chi connectivity index (χ4n) is 3.19. The molecule has 2 N–H and O–H groups in total. The number of likely N-dealkylation sites (tertiary alicyclic amines) is 1. The minimum absolute atomic E-state index is 0.0259. The van der Waals surface area contributed by atoms with Crippen molar-refractivity contribution in [2.45, 2.75) is 25.3 Å². The average Bonchev–Trinajstić information content (AvgIpc) is 2.96. The van der Waals surface area contributed by atoms with E-state index in [-0.39, 0.29) is 5.91 Å². The van der Waals surface area contributed by atoms with Crippen molar-refractivity contribution in [2.24, 2.45) is 17.6 Å². The van der Waals surface area contributed by atoms with Crippen LogP contribution in [0.4, 0.5) is 0 Å². The smallest absolute Gasteiger partial charge is 0.289 e. The van der Waals surface area contributed by atoms with E-state index < -0.39 is 0 Å². The molecule has 0 radical (unpaired) electrons. The predicted octanol–water partition coefficient (Wildman–Crippen LogP) is 1.48. The summed E-state index contributed by atoms with van der Waals surface area (Å²) in [5, 5.41) is 0. The Morgan fingerprint density at radius 3 is 2.94 bits per heavy atom. The van der Waals surface area contributed by atoms with Crippen LogP contribution in [-0.2, 0) is 0 Å². The Balaban J connectivity index is 1.69. The van der Waals surface area contributed by atoms with Crippen molar-refractivity contribution < 1.29 is 9.21 Å². The van der Waals surface area contributed by atoms with Gasteiger partial charge in [-0.3, -0.25) is 4.79 Å². The highest BCUT2D eigenvalue weighted by Gasteiger charge is 2.39. The molecule has 0 aromatic carbocycles. The maximum absolute atomic E-state index is 12.1. The fourth-order valence-corrected chi connectivity index (χ4v) is 3.19. The van der Waals surface area contributed by atoms with Crippen molar-refractivity contribution in [3.63, 3.8) is 0 Å². The monoisotopic (exact) mass is 234 g/mol. The van der Waals surface area contributed by atoms with Gasteiger partial charge in [-0.15, -0.1) is 0 Å². The first-order chi connectivity index (χ1) is 8.24. The van der Waals surface area contributed by atoms with Gasteiger partial charge in [-0.1, -0.05) is 0 Å². The number of furan rings is 1. The quantitative estimate of drug-likeness (QED) is 0.800. The molecule has 3 rings (SSSR count). The number of nitrogens with zero attached hydrogens (tertiary/aromatic N) is 1. The first-order valence-electron chi connectivity index (χ1n) is 6.32. The Bertz CT molecular complexity index is 402. The number of rotatable bonds is 1. The lowest BCUT2D eigenvalue weighted by atomic mass is 9.79. The first kappa shape index (κ1) is 10.8. The van der Waals surface area contributed by atoms with Crippen molar-refractivity contribution >= 4 is 5.91 Å². The molecule has 92 valence electrons. The third-order valence-electron chi connectivity index (χ3n) is 4.11. The van der Waals surface area contributed by atoms with E-state index in [1.54, 1.807) is 18.4 Å². The van der Waals surface area contributed by atoms with Gasteiger partial charge in [-0.25, -0.2) is 0 Å². The summed E-state index contributed by atoms with van der Waals surface area (Å²) >= 11 is 0. The van der Waals surface area contributed by atoms with Gasteiger partial charge in [-0.2, -0.15) is 0 Å². The van der Waals surface area contributed by atoms with Gasteiger partial charge in [0.15, 0.2) is 5.76 Å². The van der Waals surface area contributed by atoms with Crippen molar-refractivity contribution in [2.75, 3.05) is 13.1 Å². The molecular formula is C13H18N2O2. The van der Waals surface area contributed by atoms with Crippen molar-refractivity contribution in [1.29, 1.82) is 0 Å². The van der Waals surface area contributed by atoms with Gasteiger partial charge in [0.25, 0.3) is 5.91 Å². The molecule has 17 heavy (non-hydrogen) atoms. The van der Waals surface area contributed by atoms with Gasteiger partial charge < -0.3 is 15.1 Å². The van der Waals surface area contributed by atoms with E-state index in [9.17, 15) is 4.79 Å². The summed E-state index contributed by atoms with van der Waals surface area (Å²) in [7, 11) is 0. The fraction of sp³-hybridized carbons (Fsp3) is 0.615. The van der Waals surface area contributed by atoms with Crippen molar-refractivity contribution in [3.05, 3.63) is 24.2 Å². The van der Waals surface area contributed by atoms with E-state index >= 15 is 0 Å². The van der Waals surface area contributed by atoms with Crippen LogP contribution in [0.2, 0.25) is 0 Å². The number of carbonyl (C=O) groups is 1. The molecule has 4 heteroatoms. The van der Waals surface area contributed by atoms with Gasteiger partial charge in [0.05, 0.1) is 6.26 Å². The molecule has 4 nitrogen and oxygen atoms in total. The number of fused-ring (bicyclic) bond motifs is 1. The normalized spacial score (nSPS) is 32.5. The Hall–Kier alpha value is -1.29. The topological polar surface area (TPSA) is 59.5 Å². The van der Waals surface area contributed by atoms with Crippen LogP contribution in [0.5, 0.6) is 0 Å². The van der Waals surface area contributed by atoms with Crippen LogP contribution in [0.15, 0.2) is 22.8 Å². The van der Waals surface area contributed by atoms with Gasteiger partial charge >= 0.3 is 0 Å². The highest BCUT2D eigenvalue weighted by atomic mass is 16.3. The van der Waals surface area contributed by atoms with E-state index in [4.69, 9.17) is 10.2 Å². The molecule has 1 amide bonds. The third kappa shape index (κ3) is 1.97. The van der Waals surface area contributed by atoms with Crippen LogP contribution in [0.3, 0.4) is 0 Å². The Morgan fingerprint density at radius 2 is 2.18 bits per heavy atom. The number of amides is 1. The van der Waals surface area contributed by atoms with Crippen molar-refractivity contribution in [3.8, 4) is 0 Å². The van der Waals surface area contributed by atoms with Gasteiger partial charge in [0.1, 0.15) is 0 Å². The summed E-state index contributed by atoms with van der Waals surface area (Å²) < 4.78 is 5.17. The molecule has 0 spiro atoms. The predicted molar refractivity (Wildman–Crippen MR) is 63.4 cm³/mol. The average molecular weight is 234 g/mol. The maximum atomic E-state index is 12.1. The Morgan fingerprint density at radius 1 is 1.35 bits per heavy atom. The number of hydrogen-bond acceptors (Lipinski definition) is 3. The SMILES string of the molecule is NC1CC[C@@H]2CN(C(=O)c3ccco3)C[C@@H]2C1. The largest absolute Gasteiger partial charge is 0.459 e. The summed E-state index contributed by atoms with van der Waals surface area (Å²) in [6.07, 6.45) is 4.87. The van der Waals surface area contributed by atoms with Gasteiger partial charge in [0, 0.05) is 19.1 Å². The summed E-state index contributed by atoms with van der Waals surface area (Å²) in [4.78, 5) is 14.1. The van der Waals surface area contributed by atoms with Crippen LogP contribution >= 0.6 is 0 Å². The minimum Gasteiger partial charge on any atom is -0.459 e. The van der Waals surface area contributed by atoms with Crippen LogP contribution in [0.25, 0.3) is 0 Å². The van der Waals surface area contributed by atoms with Crippen molar-refractivity contribution in [1.82, 2.24) is 4.90 Å². The Kier molecular flexibility index (Phi) is 2.67. The number of nitrogens with two attached hydrogens (primary N) is 1. The zero-order valence-electron chi connectivity index (χ0n) is 9.84. The molecule has 0 bridgehead atoms. The first-order valence-corrected chi connectivity index (χ1v) is 6.32. The molecule has 1 aromatic rings. The molecule has 2 aliphatic rings. The highest BCUT2D eigenvalue weighted by Crippen LogP contribution is 2.36. The summed E-state index contributed by atoms with van der Waals surface area (Å²) in [5.74, 6) is 1.72. The number of hydrogen-bond donors (Lipinski definition) is 1. The summed E-state index contributed by atoms with van der Waals surface area (Å²) in [6.45, 7) is 1.72. The van der Waals surface area contributed by atoms with E-state index in [2.05, 4.69) is 0 Å². The molecule has 2 heterocycles. The van der Waals surface area contributed by atoms with Crippen LogP contribution in [-0.4, -0.2) is 29.9 Å². The van der Waals surface area contributed by atoms with E-state index in [0.29, 0.717) is 23.6 Å². The minimum atomic E-state index is 0.0259. The second-order valence-corrected chi connectivity index (χ2v) is 5.28. The lowest BCUT2D eigenvalue weighted by Crippen LogP contribution is -2.32. The van der Waals surface area contributed by atoms with Gasteiger partial charge in [0.2, 0.25) is 0 Å².